The van der Waals surface area contributed by atoms with Crippen molar-refractivity contribution < 1.29 is 82.7 Å². The molecule has 558 valence electrons. The average Bonchev–Trinajstić information content (AvgIpc) is 1.75. The third kappa shape index (κ3) is 41.3. The van der Waals surface area contributed by atoms with Gasteiger partial charge in [-0.1, -0.05) is 90.6 Å². The van der Waals surface area contributed by atoms with Crippen LogP contribution in [0.4, 0.5) is 31.4 Å². The molecule has 36 heteroatoms. The quantitative estimate of drug-likeness (QED) is 0.0190. The van der Waals surface area contributed by atoms with E-state index in [-0.39, 0.29) is 92.3 Å². The van der Waals surface area contributed by atoms with E-state index in [1.165, 1.54) is 5.69 Å². The third-order valence-corrected chi connectivity index (χ3v) is 15.2. The fourth-order valence-electron chi connectivity index (χ4n) is 7.89. The van der Waals surface area contributed by atoms with Crippen molar-refractivity contribution in [3.05, 3.63) is 185 Å². The van der Waals surface area contributed by atoms with Crippen LogP contribution in [-0.4, -0.2) is 182 Å². The summed E-state index contributed by atoms with van der Waals surface area (Å²) in [5, 5.41) is 33.6. The SMILES string of the molecule is CCN=C(N)NC(=N)N.CN(CCOc1ccc(/C=C2\SC(=O)NC2=O)cc1)c1ccccc1.CN(CCOc1ccc(/C=C2\SC(=O)NC2=O)cc1)c1ccccc1.CNCC(N)=NC(=N)N.CNCC(N)=NC(=N)N.COc1ccc(OCCN(C)c2ccccc2)cc1.O=C1CSC(=O)N1.[Na+].[OH-]. The number of methoxy groups -OCH3 is 1. The van der Waals surface area contributed by atoms with Crippen LogP contribution in [0.25, 0.3) is 12.2 Å². The summed E-state index contributed by atoms with van der Waals surface area (Å²) >= 11 is 2.83. The summed E-state index contributed by atoms with van der Waals surface area (Å²) in [6, 6.07) is 53.0. The number of nitrogens with zero attached hydrogens (tertiary/aromatic N) is 6. The first-order chi connectivity index (χ1) is 49.3. The van der Waals surface area contributed by atoms with Crippen LogP contribution in [0.1, 0.15) is 18.1 Å². The molecule has 0 atom stereocenters. The number of aliphatic imine (C=N–C) groups is 3. The van der Waals surface area contributed by atoms with E-state index in [0.717, 1.165) is 100 Å². The molecule has 3 heterocycles. The van der Waals surface area contributed by atoms with Crippen LogP contribution in [0.3, 0.4) is 0 Å². The van der Waals surface area contributed by atoms with Gasteiger partial charge in [0.05, 0.1) is 55.4 Å². The van der Waals surface area contributed by atoms with Gasteiger partial charge in [0.2, 0.25) is 17.8 Å². The van der Waals surface area contributed by atoms with E-state index in [9.17, 15) is 28.8 Å². The van der Waals surface area contributed by atoms with Crippen molar-refractivity contribution >= 4 is 133 Å². The van der Waals surface area contributed by atoms with Gasteiger partial charge < -0.3 is 84.2 Å². The molecule has 0 saturated carbocycles. The minimum absolute atomic E-state index is 0. The van der Waals surface area contributed by atoms with Crippen LogP contribution in [0.5, 0.6) is 23.0 Å². The van der Waals surface area contributed by atoms with Gasteiger partial charge in [0.25, 0.3) is 27.5 Å². The van der Waals surface area contributed by atoms with Crippen LogP contribution in [0.2, 0.25) is 0 Å². The molecule has 3 saturated heterocycles. The number of nitrogens with two attached hydrogens (primary N) is 6. The molecule has 3 aliphatic rings. The van der Waals surface area contributed by atoms with Crippen molar-refractivity contribution in [3.63, 3.8) is 0 Å². The maximum Gasteiger partial charge on any atom is 1.00 e. The molecule has 105 heavy (non-hydrogen) atoms. The third-order valence-electron chi connectivity index (χ3n) is 12.8. The number of nitrogens with one attached hydrogen (secondary N) is 9. The minimum Gasteiger partial charge on any atom is -0.870 e. The zero-order valence-corrected chi connectivity index (χ0v) is 64.2. The van der Waals surface area contributed by atoms with Crippen molar-refractivity contribution in [2.75, 3.05) is 122 Å². The summed E-state index contributed by atoms with van der Waals surface area (Å²) in [6.07, 6.45) is 3.38. The van der Waals surface area contributed by atoms with E-state index in [4.69, 9.17) is 69.6 Å². The van der Waals surface area contributed by atoms with Crippen LogP contribution in [0.15, 0.2) is 189 Å². The van der Waals surface area contributed by atoms with Gasteiger partial charge in [0.1, 0.15) is 54.5 Å². The second-order valence-corrected chi connectivity index (χ2v) is 23.9. The topological polar surface area (TPSA) is 516 Å². The summed E-state index contributed by atoms with van der Waals surface area (Å²) < 4.78 is 22.3. The van der Waals surface area contributed by atoms with Gasteiger partial charge in [0.15, 0.2) is 11.9 Å². The number of thioether (sulfide) groups is 3. The largest absolute Gasteiger partial charge is 1.00 e. The molecule has 6 aromatic carbocycles. The fraction of sp³-hybridized carbons (Fsp3) is 0.246. The van der Waals surface area contributed by atoms with Crippen LogP contribution < -0.4 is 130 Å². The predicted octanol–water partition coefficient (Wildman–Crippen LogP) is 2.78. The second-order valence-electron chi connectivity index (χ2n) is 20.9. The first-order valence-electron chi connectivity index (χ1n) is 31.3. The first kappa shape index (κ1) is 92.4. The van der Waals surface area contributed by atoms with Crippen LogP contribution in [0, 0.1) is 16.2 Å². The standard InChI is InChI=1S/2C19H18N2O3S.C16H19NO2.3C4H11N5.C3H3NO2S.Na.H2O/c2*1-21(15-5-3-2-4-6-15)11-12-24-16-9-7-14(8-10-16)13-17-18(22)20-19(23)25-17;1-17(14-6-4-3-5-7-14)12-13-19-16-10-8-15(18-2)9-11-16;2*1-8-2-3(5)9-4(6)7;1-2-8-4(7)9-3(5)6;5-2-1-7-3(6)4-2;;/h2*2-10,13H,11-12H2,1H3,(H,20,22,23);3-11H,12-13H2,1-2H3;2*8H,2H2,1H3,(H5,5,6,7,9);2H2,1H3,(H6,5,6,7,8,9);1H2,(H,4,5,6);;1H2/q;;;;;;;+1;/p-1/b2*17-13-;;;;;;;. The summed E-state index contributed by atoms with van der Waals surface area (Å²) in [5.74, 6) is 2.77. The number of hydrogen-bond acceptors (Lipinski definition) is 23. The van der Waals surface area contributed by atoms with Gasteiger partial charge in [0, 0.05) is 44.7 Å². The van der Waals surface area contributed by atoms with Crippen molar-refractivity contribution in [1.82, 2.24) is 31.9 Å². The van der Waals surface area contributed by atoms with Crippen molar-refractivity contribution in [1.29, 1.82) is 16.2 Å². The van der Waals surface area contributed by atoms with E-state index in [0.29, 0.717) is 66.7 Å². The number of guanidine groups is 4. The molecule has 0 aliphatic carbocycles. The van der Waals surface area contributed by atoms with E-state index < -0.39 is 0 Å². The van der Waals surface area contributed by atoms with Gasteiger partial charge >= 0.3 is 29.6 Å². The molecular weight excluding hydrogens is 1420 g/mol. The number of carbonyl (C=O) groups excluding carboxylic acids is 6. The molecule has 0 bridgehead atoms. The Morgan fingerprint density at radius 1 is 0.514 bits per heavy atom. The smallest absolute Gasteiger partial charge is 0.870 e. The Morgan fingerprint density at radius 2 is 0.848 bits per heavy atom. The summed E-state index contributed by atoms with van der Waals surface area (Å²) in [6.45, 7) is 7.52. The van der Waals surface area contributed by atoms with E-state index in [1.54, 1.807) is 33.4 Å². The van der Waals surface area contributed by atoms with Gasteiger partial charge in [-0.05, 0) is 153 Å². The number of anilines is 3. The Balaban J connectivity index is 0.000000645. The van der Waals surface area contributed by atoms with Crippen molar-refractivity contribution in [3.8, 4) is 23.0 Å². The number of rotatable bonds is 23. The number of para-hydroxylation sites is 3. The molecule has 0 unspecified atom stereocenters. The monoisotopic (exact) mass is 1510 g/mol. The molecule has 3 fully saturated rings. The molecule has 32 nitrogen and oxygen atoms in total. The molecule has 6 aromatic rings. The number of benzene rings is 6. The maximum atomic E-state index is 11.5. The molecule has 3 aliphatic heterocycles. The Labute approximate surface area is 645 Å². The fourth-order valence-corrected chi connectivity index (χ4v) is 9.77. The molecule has 22 N–H and O–H groups in total. The van der Waals surface area contributed by atoms with Crippen molar-refractivity contribution in [2.24, 2.45) is 49.4 Å². The Hall–Kier alpha value is -10.6. The van der Waals surface area contributed by atoms with E-state index in [2.05, 4.69) is 105 Å². The summed E-state index contributed by atoms with van der Waals surface area (Å²) in [4.78, 5) is 83.4. The summed E-state index contributed by atoms with van der Waals surface area (Å²) in [5.41, 5.74) is 35.7. The predicted molar refractivity (Wildman–Crippen MR) is 420 cm³/mol. The Bertz CT molecular complexity index is 3650. The average molecular weight is 1510 g/mol. The maximum absolute atomic E-state index is 11.5. The number of amides is 6. The van der Waals surface area contributed by atoms with Crippen LogP contribution >= 0.6 is 35.3 Å². The molecule has 9 rings (SSSR count). The van der Waals surface area contributed by atoms with Gasteiger partial charge in [-0.3, -0.25) is 71.3 Å². The molecule has 0 spiro atoms. The zero-order chi connectivity index (χ0) is 75.9. The number of likely N-dealkylation sites (N-methyl/N-ethyl adjacent to an activating group) is 5. The van der Waals surface area contributed by atoms with Crippen molar-refractivity contribution in [2.45, 2.75) is 6.92 Å². The zero-order valence-electron chi connectivity index (χ0n) is 59.7. The van der Waals surface area contributed by atoms with Crippen LogP contribution in [-0.2, 0) is 14.4 Å². The van der Waals surface area contributed by atoms with E-state index in [1.807, 2.05) is 148 Å². The number of carbonyl (C=O) groups is 6. The normalized spacial score (nSPS) is 13.3. The first-order valence-corrected chi connectivity index (χ1v) is 33.9. The molecule has 0 radical (unpaired) electrons. The number of ether oxygens (including phenoxy) is 4. The van der Waals surface area contributed by atoms with E-state index >= 15 is 0 Å². The number of imide groups is 3. The van der Waals surface area contributed by atoms with Gasteiger partial charge in [-0.15, -0.1) is 0 Å². The minimum atomic E-state index is -0.348. The Morgan fingerprint density at radius 3 is 1.10 bits per heavy atom. The van der Waals surface area contributed by atoms with Gasteiger partial charge in [-0.2, -0.15) is 9.98 Å². The number of hydrogen-bond donors (Lipinski definition) is 15. The molecule has 6 amide bonds. The van der Waals surface area contributed by atoms with Gasteiger partial charge in [-0.25, -0.2) is 0 Å². The molecule has 0 aromatic heterocycles. The Kier molecular flexibility index (Phi) is 46.8. The summed E-state index contributed by atoms with van der Waals surface area (Å²) in [7, 11) is 11.3. The number of amidine groups is 2. The molecular formula is C69H92N21NaO11S3. The second kappa shape index (κ2) is 53.2.